The first-order chi connectivity index (χ1) is 10.3. The van der Waals surface area contributed by atoms with Gasteiger partial charge < -0.3 is 15.0 Å². The second kappa shape index (κ2) is 6.80. The van der Waals surface area contributed by atoms with E-state index in [0.717, 1.165) is 19.7 Å². The number of nitrogens with zero attached hydrogens (tertiary/aromatic N) is 1. The van der Waals surface area contributed by atoms with Crippen molar-refractivity contribution in [2.24, 2.45) is 0 Å². The van der Waals surface area contributed by atoms with Crippen LogP contribution < -0.4 is 10.2 Å². The molecule has 1 aromatic rings. The van der Waals surface area contributed by atoms with Crippen LogP contribution in [0.1, 0.15) is 51.1 Å². The minimum atomic E-state index is 0.406. The molecule has 1 saturated heterocycles. The Morgan fingerprint density at radius 3 is 3.05 bits per heavy atom. The Morgan fingerprint density at radius 2 is 2.19 bits per heavy atom. The number of rotatable bonds is 5. The minimum Gasteiger partial charge on any atom is -0.374 e. The smallest absolute Gasteiger partial charge is 0.0779 e. The van der Waals surface area contributed by atoms with Gasteiger partial charge in [-0.25, -0.2) is 0 Å². The monoisotopic (exact) mass is 288 g/mol. The molecule has 2 aliphatic rings. The van der Waals surface area contributed by atoms with Gasteiger partial charge in [0.2, 0.25) is 0 Å². The zero-order valence-corrected chi connectivity index (χ0v) is 13.3. The first kappa shape index (κ1) is 14.9. The van der Waals surface area contributed by atoms with E-state index >= 15 is 0 Å². The molecule has 21 heavy (non-hydrogen) atoms. The summed E-state index contributed by atoms with van der Waals surface area (Å²) in [5.41, 5.74) is 2.84. The molecule has 1 N–H and O–H groups in total. The molecule has 0 bridgehead atoms. The van der Waals surface area contributed by atoms with Crippen LogP contribution in [0.5, 0.6) is 0 Å². The molecule has 0 spiro atoms. The summed E-state index contributed by atoms with van der Waals surface area (Å²) in [6.45, 7) is 7.47. The Balaban J connectivity index is 1.84. The molecule has 3 unspecified atom stereocenters. The molecule has 3 nitrogen and oxygen atoms in total. The van der Waals surface area contributed by atoms with Gasteiger partial charge in [-0.05, 0) is 50.8 Å². The fourth-order valence-electron chi connectivity index (χ4n) is 3.81. The fourth-order valence-corrected chi connectivity index (χ4v) is 3.81. The predicted molar refractivity (Wildman–Crippen MR) is 87.9 cm³/mol. The van der Waals surface area contributed by atoms with E-state index in [2.05, 4.69) is 48.3 Å². The molecule has 116 valence electrons. The lowest BCUT2D eigenvalue weighted by atomic mass is 10.0. The molecule has 0 aromatic heterocycles. The molecule has 3 rings (SSSR count). The van der Waals surface area contributed by atoms with E-state index in [-0.39, 0.29) is 0 Å². The van der Waals surface area contributed by atoms with E-state index in [1.54, 1.807) is 0 Å². The normalized spacial score (nSPS) is 26.7. The molecule has 2 fully saturated rings. The van der Waals surface area contributed by atoms with Gasteiger partial charge in [-0.3, -0.25) is 0 Å². The lowest BCUT2D eigenvalue weighted by Gasteiger charge is -2.41. The number of benzene rings is 1. The Kier molecular flexibility index (Phi) is 4.81. The molecular weight excluding hydrogens is 260 g/mol. The lowest BCUT2D eigenvalue weighted by molar-refractivity contribution is 0.0255. The highest BCUT2D eigenvalue weighted by atomic mass is 16.5. The number of ether oxygens (including phenoxy) is 1. The van der Waals surface area contributed by atoms with Gasteiger partial charge in [-0.1, -0.05) is 25.1 Å². The third kappa shape index (κ3) is 3.09. The maximum absolute atomic E-state index is 5.96. The number of hydrogen-bond donors (Lipinski definition) is 1. The maximum Gasteiger partial charge on any atom is 0.0779 e. The van der Waals surface area contributed by atoms with Crippen LogP contribution in [0.4, 0.5) is 5.69 Å². The summed E-state index contributed by atoms with van der Waals surface area (Å²) in [5, 5.41) is 3.63. The Morgan fingerprint density at radius 1 is 1.33 bits per heavy atom. The quantitative estimate of drug-likeness (QED) is 0.897. The molecular formula is C18H28N2O. The average molecular weight is 288 g/mol. The zero-order chi connectivity index (χ0) is 14.7. The molecule has 3 atom stereocenters. The SMILES string of the molecule is CCCNC(C)c1ccccc1N1CCOC2CCCC21. The van der Waals surface area contributed by atoms with Crippen LogP contribution in [0.2, 0.25) is 0 Å². The Labute approximate surface area is 128 Å². The second-order valence-corrected chi connectivity index (χ2v) is 6.34. The van der Waals surface area contributed by atoms with Crippen LogP contribution in [0.3, 0.4) is 0 Å². The highest BCUT2D eigenvalue weighted by molar-refractivity contribution is 5.56. The summed E-state index contributed by atoms with van der Waals surface area (Å²) in [7, 11) is 0. The molecule has 3 heteroatoms. The molecule has 1 aromatic carbocycles. The van der Waals surface area contributed by atoms with E-state index < -0.39 is 0 Å². The highest BCUT2D eigenvalue weighted by Crippen LogP contribution is 2.36. The van der Waals surface area contributed by atoms with Crippen LogP contribution >= 0.6 is 0 Å². The van der Waals surface area contributed by atoms with Gasteiger partial charge >= 0.3 is 0 Å². The van der Waals surface area contributed by atoms with Crippen molar-refractivity contribution >= 4 is 5.69 Å². The maximum atomic E-state index is 5.96. The van der Waals surface area contributed by atoms with Crippen molar-refractivity contribution in [3.63, 3.8) is 0 Å². The highest BCUT2D eigenvalue weighted by Gasteiger charge is 2.36. The van der Waals surface area contributed by atoms with Crippen LogP contribution in [0, 0.1) is 0 Å². The van der Waals surface area contributed by atoms with Crippen LogP contribution in [-0.2, 0) is 4.74 Å². The van der Waals surface area contributed by atoms with E-state index in [0.29, 0.717) is 18.2 Å². The first-order valence-corrected chi connectivity index (χ1v) is 8.51. The van der Waals surface area contributed by atoms with Crippen molar-refractivity contribution < 1.29 is 4.74 Å². The topological polar surface area (TPSA) is 24.5 Å². The van der Waals surface area contributed by atoms with Gasteiger partial charge in [-0.2, -0.15) is 0 Å². The Bertz CT molecular complexity index is 462. The number of nitrogens with one attached hydrogen (secondary N) is 1. The van der Waals surface area contributed by atoms with Gasteiger partial charge in [0.1, 0.15) is 0 Å². The summed E-state index contributed by atoms with van der Waals surface area (Å²) in [6.07, 6.45) is 5.43. The molecule has 1 heterocycles. The summed E-state index contributed by atoms with van der Waals surface area (Å²) < 4.78 is 5.96. The first-order valence-electron chi connectivity index (χ1n) is 8.51. The van der Waals surface area contributed by atoms with E-state index in [9.17, 15) is 0 Å². The van der Waals surface area contributed by atoms with Crippen molar-refractivity contribution in [1.29, 1.82) is 0 Å². The molecule has 1 saturated carbocycles. The summed E-state index contributed by atoms with van der Waals surface area (Å²) >= 11 is 0. The summed E-state index contributed by atoms with van der Waals surface area (Å²) in [5.74, 6) is 0. The van der Waals surface area contributed by atoms with Crippen molar-refractivity contribution in [3.05, 3.63) is 29.8 Å². The van der Waals surface area contributed by atoms with Crippen molar-refractivity contribution in [1.82, 2.24) is 5.32 Å². The van der Waals surface area contributed by atoms with Crippen LogP contribution in [0.25, 0.3) is 0 Å². The molecule has 0 amide bonds. The van der Waals surface area contributed by atoms with Crippen molar-refractivity contribution in [2.75, 3.05) is 24.6 Å². The van der Waals surface area contributed by atoms with Gasteiger partial charge in [0.25, 0.3) is 0 Å². The third-order valence-corrected chi connectivity index (χ3v) is 4.90. The van der Waals surface area contributed by atoms with E-state index in [1.165, 1.54) is 36.9 Å². The number of anilines is 1. The minimum absolute atomic E-state index is 0.406. The molecule has 1 aliphatic heterocycles. The third-order valence-electron chi connectivity index (χ3n) is 4.90. The fraction of sp³-hybridized carbons (Fsp3) is 0.667. The van der Waals surface area contributed by atoms with Crippen molar-refractivity contribution in [3.8, 4) is 0 Å². The van der Waals surface area contributed by atoms with E-state index in [1.807, 2.05) is 0 Å². The van der Waals surface area contributed by atoms with Gasteiger partial charge in [0, 0.05) is 18.3 Å². The number of hydrogen-bond acceptors (Lipinski definition) is 3. The van der Waals surface area contributed by atoms with Gasteiger partial charge in [0.05, 0.1) is 18.8 Å². The van der Waals surface area contributed by atoms with E-state index in [4.69, 9.17) is 4.74 Å². The summed E-state index contributed by atoms with van der Waals surface area (Å²) in [4.78, 5) is 2.61. The number of morpholine rings is 1. The molecule has 1 aliphatic carbocycles. The molecule has 0 radical (unpaired) electrons. The average Bonchev–Trinajstić information content (AvgIpc) is 3.01. The Hall–Kier alpha value is -1.06. The lowest BCUT2D eigenvalue weighted by Crippen LogP contribution is -2.49. The predicted octanol–water partition coefficient (Wildman–Crippen LogP) is 3.50. The van der Waals surface area contributed by atoms with Crippen LogP contribution in [-0.4, -0.2) is 31.8 Å². The number of para-hydroxylation sites is 1. The number of fused-ring (bicyclic) bond motifs is 1. The standard InChI is InChI=1S/C18H28N2O/c1-3-11-19-14(2)15-7-4-5-8-16(15)20-12-13-21-18-10-6-9-17(18)20/h4-5,7-8,14,17-19H,3,6,9-13H2,1-2H3. The second-order valence-electron chi connectivity index (χ2n) is 6.34. The van der Waals surface area contributed by atoms with Gasteiger partial charge in [0.15, 0.2) is 0 Å². The van der Waals surface area contributed by atoms with Crippen LogP contribution in [0.15, 0.2) is 24.3 Å². The van der Waals surface area contributed by atoms with Crippen molar-refractivity contribution in [2.45, 2.75) is 57.7 Å². The largest absolute Gasteiger partial charge is 0.374 e. The zero-order valence-electron chi connectivity index (χ0n) is 13.3. The summed E-state index contributed by atoms with van der Waals surface area (Å²) in [6, 6.07) is 9.89. The van der Waals surface area contributed by atoms with Gasteiger partial charge in [-0.15, -0.1) is 0 Å².